The van der Waals surface area contributed by atoms with Crippen LogP contribution < -0.4 is 16.0 Å². The van der Waals surface area contributed by atoms with Crippen molar-refractivity contribution in [2.75, 3.05) is 0 Å². The molecule has 0 radical (unpaired) electrons. The number of aryl methyl sites for hydroxylation is 2. The highest BCUT2D eigenvalue weighted by molar-refractivity contribution is 5.98. The first kappa shape index (κ1) is 21.2. The molecule has 0 spiro atoms. The standard InChI is InChI=1S/C28H22FN3O3/c1-16-8-10-17(11-9-16)23-22-24(30(2)28(34)31(3)27(22)33)25-26(18-12-14-19(29)15-13-18)35-21-7-5-4-6-20(21)32(23)25/h4-15,26H,1-3H3/t26-/m1/s1. The minimum Gasteiger partial charge on any atom is -0.477 e. The fourth-order valence-corrected chi connectivity index (χ4v) is 4.96. The Bertz CT molecular complexity index is 1740. The summed E-state index contributed by atoms with van der Waals surface area (Å²) in [5.74, 6) is 0.275. The summed E-state index contributed by atoms with van der Waals surface area (Å²) in [6.45, 7) is 2.01. The molecule has 0 unspecified atom stereocenters. The number of fused-ring (bicyclic) bond motifs is 5. The summed E-state index contributed by atoms with van der Waals surface area (Å²) in [4.78, 5) is 26.7. The van der Waals surface area contributed by atoms with Gasteiger partial charge in [-0.2, -0.15) is 0 Å². The predicted molar refractivity (Wildman–Crippen MR) is 133 cm³/mol. The molecule has 1 aliphatic heterocycles. The average Bonchev–Trinajstić information content (AvgIpc) is 3.23. The molecule has 2 aromatic heterocycles. The van der Waals surface area contributed by atoms with Gasteiger partial charge < -0.3 is 9.30 Å². The van der Waals surface area contributed by atoms with Crippen LogP contribution in [-0.4, -0.2) is 13.7 Å². The van der Waals surface area contributed by atoms with Crippen molar-refractivity contribution in [2.24, 2.45) is 14.1 Å². The first-order chi connectivity index (χ1) is 16.9. The van der Waals surface area contributed by atoms with Gasteiger partial charge in [0.15, 0.2) is 6.10 Å². The van der Waals surface area contributed by atoms with Crippen LogP contribution in [-0.2, 0) is 14.1 Å². The van der Waals surface area contributed by atoms with Gasteiger partial charge in [0.1, 0.15) is 11.6 Å². The van der Waals surface area contributed by atoms with Gasteiger partial charge in [-0.3, -0.25) is 13.9 Å². The van der Waals surface area contributed by atoms with E-state index >= 15 is 0 Å². The number of nitrogens with zero attached hydrogens (tertiary/aromatic N) is 3. The van der Waals surface area contributed by atoms with Crippen molar-refractivity contribution in [3.8, 4) is 22.7 Å². The average molecular weight is 468 g/mol. The van der Waals surface area contributed by atoms with Gasteiger partial charge in [-0.15, -0.1) is 0 Å². The third kappa shape index (κ3) is 3.01. The van der Waals surface area contributed by atoms with E-state index in [-0.39, 0.29) is 11.4 Å². The Kier molecular flexibility index (Phi) is 4.57. The fraction of sp³-hybridized carbons (Fsp3) is 0.143. The summed E-state index contributed by atoms with van der Waals surface area (Å²) < 4.78 is 24.9. The number of ether oxygens (including phenoxy) is 1. The van der Waals surface area contributed by atoms with E-state index in [4.69, 9.17) is 4.74 Å². The summed E-state index contributed by atoms with van der Waals surface area (Å²) in [5.41, 5.74) is 4.45. The molecule has 0 aliphatic carbocycles. The first-order valence-electron chi connectivity index (χ1n) is 11.3. The van der Waals surface area contributed by atoms with Gasteiger partial charge >= 0.3 is 5.69 Å². The Morgan fingerprint density at radius 2 is 1.54 bits per heavy atom. The van der Waals surface area contributed by atoms with Crippen LogP contribution in [0.3, 0.4) is 0 Å². The van der Waals surface area contributed by atoms with Gasteiger partial charge in [0, 0.05) is 14.1 Å². The maximum absolute atomic E-state index is 13.8. The number of hydrogen-bond acceptors (Lipinski definition) is 3. The fourth-order valence-electron chi connectivity index (χ4n) is 4.96. The predicted octanol–water partition coefficient (Wildman–Crippen LogP) is 4.62. The lowest BCUT2D eigenvalue weighted by atomic mass is 10.0. The zero-order valence-corrected chi connectivity index (χ0v) is 19.4. The SMILES string of the molecule is Cc1ccc(-c2c3c(=O)n(C)c(=O)n(C)c3c3n2-c2ccccc2O[C@@H]3c2ccc(F)cc2)cc1. The van der Waals surface area contributed by atoms with Gasteiger partial charge in [-0.1, -0.05) is 54.1 Å². The van der Waals surface area contributed by atoms with Crippen LogP contribution in [0.1, 0.15) is 22.9 Å². The smallest absolute Gasteiger partial charge is 0.331 e. The minimum atomic E-state index is -0.662. The highest BCUT2D eigenvalue weighted by Gasteiger charge is 2.36. The Morgan fingerprint density at radius 3 is 2.26 bits per heavy atom. The van der Waals surface area contributed by atoms with E-state index in [9.17, 15) is 14.0 Å². The van der Waals surface area contributed by atoms with Gasteiger partial charge in [-0.25, -0.2) is 9.18 Å². The maximum Gasteiger partial charge on any atom is 0.331 e. The number of aromatic nitrogens is 3. The molecular formula is C28H22FN3O3. The lowest BCUT2D eigenvalue weighted by Crippen LogP contribution is -2.37. The Morgan fingerprint density at radius 1 is 0.857 bits per heavy atom. The summed E-state index contributed by atoms with van der Waals surface area (Å²) in [6.07, 6.45) is -0.662. The van der Waals surface area contributed by atoms with Crippen molar-refractivity contribution in [1.82, 2.24) is 13.7 Å². The van der Waals surface area contributed by atoms with E-state index < -0.39 is 11.8 Å². The molecule has 174 valence electrons. The summed E-state index contributed by atoms with van der Waals surface area (Å²) in [5, 5.41) is 0.431. The van der Waals surface area contributed by atoms with Crippen LogP contribution in [0, 0.1) is 12.7 Å². The van der Waals surface area contributed by atoms with Crippen molar-refractivity contribution in [1.29, 1.82) is 0 Å². The second-order valence-corrected chi connectivity index (χ2v) is 8.88. The molecule has 6 rings (SSSR count). The molecule has 0 saturated heterocycles. The van der Waals surface area contributed by atoms with Crippen LogP contribution in [0.4, 0.5) is 4.39 Å². The monoisotopic (exact) mass is 467 g/mol. The van der Waals surface area contributed by atoms with Crippen molar-refractivity contribution in [3.05, 3.63) is 116 Å². The van der Waals surface area contributed by atoms with E-state index in [0.29, 0.717) is 33.6 Å². The molecule has 1 atom stereocenters. The van der Waals surface area contributed by atoms with Crippen molar-refractivity contribution >= 4 is 10.9 Å². The molecule has 7 heteroatoms. The zero-order valence-electron chi connectivity index (χ0n) is 19.4. The second kappa shape index (κ2) is 7.56. The topological polar surface area (TPSA) is 58.2 Å². The zero-order chi connectivity index (χ0) is 24.4. The van der Waals surface area contributed by atoms with Crippen molar-refractivity contribution in [3.63, 3.8) is 0 Å². The van der Waals surface area contributed by atoms with Gasteiger partial charge in [0.05, 0.1) is 28.0 Å². The van der Waals surface area contributed by atoms with Gasteiger partial charge in [0.2, 0.25) is 0 Å². The normalized spacial score (nSPS) is 14.5. The van der Waals surface area contributed by atoms with E-state index in [2.05, 4.69) is 0 Å². The molecule has 35 heavy (non-hydrogen) atoms. The third-order valence-electron chi connectivity index (χ3n) is 6.71. The summed E-state index contributed by atoms with van der Waals surface area (Å²) >= 11 is 0. The Hall–Kier alpha value is -4.39. The molecule has 3 aromatic carbocycles. The van der Waals surface area contributed by atoms with Crippen LogP contribution in [0.2, 0.25) is 0 Å². The summed E-state index contributed by atoms with van der Waals surface area (Å²) in [7, 11) is 3.15. The Balaban J connectivity index is 1.85. The molecule has 0 N–H and O–H groups in total. The molecular weight excluding hydrogens is 445 g/mol. The molecule has 6 nitrogen and oxygen atoms in total. The minimum absolute atomic E-state index is 0.355. The number of halogens is 1. The lowest BCUT2D eigenvalue weighted by molar-refractivity contribution is 0.229. The van der Waals surface area contributed by atoms with Gasteiger partial charge in [-0.05, 0) is 42.3 Å². The van der Waals surface area contributed by atoms with E-state index in [1.54, 1.807) is 19.2 Å². The molecule has 0 saturated carbocycles. The summed E-state index contributed by atoms with van der Waals surface area (Å²) in [6, 6.07) is 21.6. The number of rotatable bonds is 2. The van der Waals surface area contributed by atoms with Crippen LogP contribution in [0.5, 0.6) is 5.75 Å². The van der Waals surface area contributed by atoms with E-state index in [1.807, 2.05) is 60.0 Å². The molecule has 0 amide bonds. The molecule has 0 bridgehead atoms. The van der Waals surface area contributed by atoms with Crippen molar-refractivity contribution < 1.29 is 9.13 Å². The Labute approximate surface area is 200 Å². The highest BCUT2D eigenvalue weighted by Crippen LogP contribution is 2.46. The maximum atomic E-state index is 13.8. The van der Waals surface area contributed by atoms with Crippen molar-refractivity contribution in [2.45, 2.75) is 13.0 Å². The molecule has 0 fully saturated rings. The molecule has 3 heterocycles. The number of para-hydroxylation sites is 2. The lowest BCUT2D eigenvalue weighted by Gasteiger charge is -2.30. The van der Waals surface area contributed by atoms with Crippen LogP contribution in [0.25, 0.3) is 27.8 Å². The first-order valence-corrected chi connectivity index (χ1v) is 11.3. The second-order valence-electron chi connectivity index (χ2n) is 8.88. The van der Waals surface area contributed by atoms with E-state index in [0.717, 1.165) is 21.4 Å². The number of hydrogen-bond donors (Lipinski definition) is 0. The highest BCUT2D eigenvalue weighted by atomic mass is 19.1. The molecule has 1 aliphatic rings. The van der Waals surface area contributed by atoms with Crippen LogP contribution >= 0.6 is 0 Å². The van der Waals surface area contributed by atoms with Crippen LogP contribution in [0.15, 0.2) is 82.4 Å². The van der Waals surface area contributed by atoms with Gasteiger partial charge in [0.25, 0.3) is 5.56 Å². The quantitative estimate of drug-likeness (QED) is 0.381. The van der Waals surface area contributed by atoms with E-state index in [1.165, 1.54) is 23.7 Å². The molecule has 5 aromatic rings. The number of benzene rings is 3. The largest absolute Gasteiger partial charge is 0.477 e. The third-order valence-corrected chi connectivity index (χ3v) is 6.71.